The van der Waals surface area contributed by atoms with Gasteiger partial charge in [-0.25, -0.2) is 4.79 Å². The maximum atomic E-state index is 11.8. The van der Waals surface area contributed by atoms with E-state index in [4.69, 9.17) is 30.8 Å². The Labute approximate surface area is 219 Å². The van der Waals surface area contributed by atoms with Crippen molar-refractivity contribution in [1.29, 1.82) is 0 Å². The minimum Gasteiger partial charge on any atom is -0.497 e. The molecular formula is C28H25N3O5S. The lowest BCUT2D eigenvalue weighted by Gasteiger charge is -2.27. The molecule has 5 rings (SSSR count). The molecule has 2 aromatic carbocycles. The minimum atomic E-state index is -0.390. The zero-order chi connectivity index (χ0) is 25.9. The number of furan rings is 1. The Morgan fingerprint density at radius 1 is 1.00 bits per heavy atom. The lowest BCUT2D eigenvalue weighted by molar-refractivity contribution is 0.0600. The van der Waals surface area contributed by atoms with Crippen molar-refractivity contribution in [2.75, 3.05) is 26.2 Å². The van der Waals surface area contributed by atoms with Crippen molar-refractivity contribution in [3.05, 3.63) is 96.0 Å². The molecule has 9 heteroatoms. The van der Waals surface area contributed by atoms with Gasteiger partial charge < -0.3 is 28.8 Å². The Kier molecular flexibility index (Phi) is 6.78. The van der Waals surface area contributed by atoms with E-state index >= 15 is 0 Å². The van der Waals surface area contributed by atoms with Crippen LogP contribution in [0, 0.1) is 0 Å². The molecule has 0 saturated carbocycles. The number of benzene rings is 2. The highest BCUT2D eigenvalue weighted by molar-refractivity contribution is 7.80. The van der Waals surface area contributed by atoms with Gasteiger partial charge in [-0.05, 0) is 60.7 Å². The average molecular weight is 516 g/mol. The van der Waals surface area contributed by atoms with Crippen molar-refractivity contribution in [2.24, 2.45) is 0 Å². The number of rotatable bonds is 7. The van der Waals surface area contributed by atoms with Crippen LogP contribution < -0.4 is 19.7 Å². The maximum absolute atomic E-state index is 11.8. The molecule has 2 atom stereocenters. The molecule has 1 saturated heterocycles. The Morgan fingerprint density at radius 3 is 2.49 bits per heavy atom. The smallest absolute Gasteiger partial charge is 0.337 e. The fourth-order valence-corrected chi connectivity index (χ4v) is 4.78. The van der Waals surface area contributed by atoms with Crippen LogP contribution in [-0.2, 0) is 4.74 Å². The number of ether oxygens (including phenoxy) is 3. The van der Waals surface area contributed by atoms with Gasteiger partial charge in [0.25, 0.3) is 0 Å². The van der Waals surface area contributed by atoms with Crippen LogP contribution in [0.3, 0.4) is 0 Å². The monoisotopic (exact) mass is 515 g/mol. The predicted molar refractivity (Wildman–Crippen MR) is 143 cm³/mol. The van der Waals surface area contributed by atoms with Gasteiger partial charge in [0, 0.05) is 17.8 Å². The highest BCUT2D eigenvalue weighted by Gasteiger charge is 2.43. The number of carbonyl (C=O) groups is 1. The highest BCUT2D eigenvalue weighted by Crippen LogP contribution is 2.46. The number of esters is 1. The topological polar surface area (TPSA) is 86.1 Å². The Balaban J connectivity index is 1.59. The molecule has 0 aliphatic carbocycles. The van der Waals surface area contributed by atoms with Gasteiger partial charge in [0.15, 0.2) is 5.11 Å². The van der Waals surface area contributed by atoms with Gasteiger partial charge >= 0.3 is 5.97 Å². The van der Waals surface area contributed by atoms with Crippen molar-refractivity contribution in [2.45, 2.75) is 12.1 Å². The molecule has 0 bridgehead atoms. The molecule has 1 fully saturated rings. The fourth-order valence-electron chi connectivity index (χ4n) is 4.44. The van der Waals surface area contributed by atoms with E-state index in [9.17, 15) is 4.79 Å². The van der Waals surface area contributed by atoms with Gasteiger partial charge in [0.2, 0.25) is 0 Å². The highest BCUT2D eigenvalue weighted by atomic mass is 32.1. The van der Waals surface area contributed by atoms with Crippen molar-refractivity contribution in [1.82, 2.24) is 10.3 Å². The Morgan fingerprint density at radius 2 is 1.81 bits per heavy atom. The molecular weight excluding hydrogens is 490 g/mol. The van der Waals surface area contributed by atoms with Gasteiger partial charge in [-0.3, -0.25) is 4.98 Å². The van der Waals surface area contributed by atoms with Crippen LogP contribution in [0.2, 0.25) is 0 Å². The van der Waals surface area contributed by atoms with Gasteiger partial charge in [0.1, 0.15) is 29.1 Å². The lowest BCUT2D eigenvalue weighted by Crippen LogP contribution is -2.29. The summed E-state index contributed by atoms with van der Waals surface area (Å²) in [5, 5.41) is 3.93. The summed E-state index contributed by atoms with van der Waals surface area (Å²) in [4.78, 5) is 18.4. The van der Waals surface area contributed by atoms with Gasteiger partial charge in [-0.2, -0.15) is 0 Å². The van der Waals surface area contributed by atoms with Crippen LogP contribution in [-0.4, -0.2) is 37.4 Å². The Bertz CT molecular complexity index is 1420. The van der Waals surface area contributed by atoms with Crippen LogP contribution in [0.4, 0.5) is 5.69 Å². The number of methoxy groups -OCH3 is 3. The van der Waals surface area contributed by atoms with E-state index in [1.54, 1.807) is 32.5 Å². The largest absolute Gasteiger partial charge is 0.497 e. The number of anilines is 1. The summed E-state index contributed by atoms with van der Waals surface area (Å²) >= 11 is 5.82. The first kappa shape index (κ1) is 24.3. The van der Waals surface area contributed by atoms with Gasteiger partial charge in [-0.1, -0.05) is 18.2 Å². The van der Waals surface area contributed by atoms with E-state index in [-0.39, 0.29) is 12.1 Å². The zero-order valence-corrected chi connectivity index (χ0v) is 21.3. The first-order chi connectivity index (χ1) is 18.0. The van der Waals surface area contributed by atoms with Crippen molar-refractivity contribution < 1.29 is 23.4 Å². The van der Waals surface area contributed by atoms with Crippen LogP contribution in [0.25, 0.3) is 11.3 Å². The number of pyridine rings is 1. The summed E-state index contributed by atoms with van der Waals surface area (Å²) in [5.74, 6) is 2.26. The SMILES string of the molecule is COC(=O)c1ccc(-c2ccc([C@@H]3[C@H](c4ccccn4)NC(=S)N3c3cc(OC)ccc3OC)o2)cc1. The Hall–Kier alpha value is -4.37. The summed E-state index contributed by atoms with van der Waals surface area (Å²) in [6.45, 7) is 0. The van der Waals surface area contributed by atoms with Crippen molar-refractivity contribution in [3.8, 4) is 22.8 Å². The summed E-state index contributed by atoms with van der Waals surface area (Å²) in [6.07, 6.45) is 1.75. The second-order valence-electron chi connectivity index (χ2n) is 8.31. The lowest BCUT2D eigenvalue weighted by atomic mass is 10.0. The van der Waals surface area contributed by atoms with Crippen LogP contribution in [0.5, 0.6) is 11.5 Å². The summed E-state index contributed by atoms with van der Waals surface area (Å²) < 4.78 is 22.4. The number of nitrogens with one attached hydrogen (secondary N) is 1. The molecule has 188 valence electrons. The standard InChI is InChI=1S/C28H25N3O5S/c1-33-19-11-12-23(34-2)21(16-19)31-26(25(30-28(31)37)20-6-4-5-15-29-20)24-14-13-22(36-24)17-7-9-18(10-8-17)27(32)35-3/h4-16,25-26H,1-3H3,(H,30,37)/t25-,26+/m0/s1. The minimum absolute atomic E-state index is 0.287. The number of carbonyl (C=O) groups excluding carboxylic acids is 1. The van der Waals surface area contributed by atoms with Crippen LogP contribution >= 0.6 is 12.2 Å². The molecule has 2 aromatic heterocycles. The molecule has 0 unspecified atom stereocenters. The van der Waals surface area contributed by atoms with Crippen molar-refractivity contribution in [3.63, 3.8) is 0 Å². The molecule has 0 amide bonds. The van der Waals surface area contributed by atoms with E-state index in [1.165, 1.54) is 7.11 Å². The van der Waals surface area contributed by atoms with E-state index in [0.29, 0.717) is 33.7 Å². The molecule has 1 aliphatic heterocycles. The summed E-state index contributed by atoms with van der Waals surface area (Å²) in [5.41, 5.74) is 2.85. The molecule has 1 aliphatic rings. The quantitative estimate of drug-likeness (QED) is 0.259. The molecule has 1 N–H and O–H groups in total. The zero-order valence-electron chi connectivity index (χ0n) is 20.5. The number of aromatic nitrogens is 1. The van der Waals surface area contributed by atoms with Crippen LogP contribution in [0.15, 0.2) is 83.4 Å². The molecule has 0 spiro atoms. The predicted octanol–water partition coefficient (Wildman–Crippen LogP) is 5.32. The first-order valence-electron chi connectivity index (χ1n) is 11.5. The fraction of sp³-hybridized carbons (Fsp3) is 0.179. The third-order valence-corrected chi connectivity index (χ3v) is 6.57. The van der Waals surface area contributed by atoms with Crippen LogP contribution in [0.1, 0.15) is 33.9 Å². The van der Waals surface area contributed by atoms with Crippen molar-refractivity contribution >= 4 is 29.0 Å². The van der Waals surface area contributed by atoms with E-state index < -0.39 is 5.97 Å². The number of hydrogen-bond acceptors (Lipinski definition) is 7. The normalized spacial score (nSPS) is 16.8. The van der Waals surface area contributed by atoms with E-state index in [0.717, 1.165) is 16.9 Å². The van der Waals surface area contributed by atoms with Gasteiger partial charge in [-0.15, -0.1) is 0 Å². The third kappa shape index (κ3) is 4.61. The molecule has 3 heterocycles. The first-order valence-corrected chi connectivity index (χ1v) is 12.0. The number of hydrogen-bond donors (Lipinski definition) is 1. The van der Waals surface area contributed by atoms with E-state index in [1.807, 2.05) is 65.6 Å². The van der Waals surface area contributed by atoms with E-state index in [2.05, 4.69) is 10.3 Å². The second-order valence-corrected chi connectivity index (χ2v) is 8.69. The molecule has 8 nitrogen and oxygen atoms in total. The summed E-state index contributed by atoms with van der Waals surface area (Å²) in [6, 6.07) is 21.6. The number of nitrogens with zero attached hydrogens (tertiary/aromatic N) is 2. The molecule has 37 heavy (non-hydrogen) atoms. The maximum Gasteiger partial charge on any atom is 0.337 e. The molecule has 4 aromatic rings. The summed E-state index contributed by atoms with van der Waals surface area (Å²) in [7, 11) is 4.59. The van der Waals surface area contributed by atoms with Gasteiger partial charge in [0.05, 0.1) is 44.3 Å². The average Bonchev–Trinajstić information content (AvgIpc) is 3.57. The third-order valence-electron chi connectivity index (χ3n) is 6.25. The second kappa shape index (κ2) is 10.3. The number of thiocarbonyl (C=S) groups is 1. The molecule has 0 radical (unpaired) electrons.